The molecule has 3 N–H and O–H groups in total. The molecule has 2 aromatic rings. The first-order valence-corrected chi connectivity index (χ1v) is 7.27. The molecular weight excluding hydrogens is 260 g/mol. The Kier molecular flexibility index (Phi) is 3.67. The highest BCUT2D eigenvalue weighted by Crippen LogP contribution is 2.20. The maximum Gasteiger partial charge on any atom is 0.242 e. The molecule has 1 aromatic heterocycles. The number of hydrogen-bond acceptors (Lipinski definition) is 6. The Hall–Kier alpha value is -1.09. The van der Waals surface area contributed by atoms with Crippen LogP contribution >= 0.6 is 11.7 Å². The van der Waals surface area contributed by atoms with Crippen molar-refractivity contribution in [2.24, 2.45) is 5.73 Å². The molecule has 0 saturated heterocycles. The lowest BCUT2D eigenvalue weighted by Gasteiger charge is -2.05. The second kappa shape index (κ2) is 5.05. The minimum atomic E-state index is -3.53. The Morgan fingerprint density at radius 2 is 2.18 bits per heavy atom. The van der Waals surface area contributed by atoms with Crippen LogP contribution in [0.25, 0.3) is 11.0 Å². The van der Waals surface area contributed by atoms with Crippen molar-refractivity contribution in [1.82, 2.24) is 13.5 Å². The van der Waals surface area contributed by atoms with Gasteiger partial charge in [-0.1, -0.05) is 6.07 Å². The molecule has 0 saturated carbocycles. The van der Waals surface area contributed by atoms with E-state index in [4.69, 9.17) is 5.73 Å². The third-order valence-electron chi connectivity index (χ3n) is 2.21. The molecule has 0 atom stereocenters. The second-order valence-electron chi connectivity index (χ2n) is 3.43. The summed E-state index contributed by atoms with van der Waals surface area (Å²) >= 11 is 0.999. The second-order valence-corrected chi connectivity index (χ2v) is 5.69. The van der Waals surface area contributed by atoms with Crippen LogP contribution in [0.4, 0.5) is 0 Å². The fourth-order valence-electron chi connectivity index (χ4n) is 1.38. The molecule has 0 fully saturated rings. The summed E-state index contributed by atoms with van der Waals surface area (Å²) in [6.07, 6.45) is 0.602. The Balaban J connectivity index is 2.35. The summed E-state index contributed by atoms with van der Waals surface area (Å²) in [4.78, 5) is 0.167. The minimum absolute atomic E-state index is 0.167. The monoisotopic (exact) mass is 272 g/mol. The summed E-state index contributed by atoms with van der Waals surface area (Å²) in [5, 5.41) is 0. The third kappa shape index (κ3) is 2.60. The van der Waals surface area contributed by atoms with Gasteiger partial charge in [0.05, 0.1) is 11.7 Å². The van der Waals surface area contributed by atoms with Crippen molar-refractivity contribution < 1.29 is 8.42 Å². The number of aromatic nitrogens is 2. The Labute approximate surface area is 103 Å². The van der Waals surface area contributed by atoms with E-state index in [2.05, 4.69) is 13.5 Å². The van der Waals surface area contributed by atoms with Crippen LogP contribution in [0.2, 0.25) is 0 Å². The van der Waals surface area contributed by atoms with Crippen LogP contribution in [0.5, 0.6) is 0 Å². The summed E-state index contributed by atoms with van der Waals surface area (Å²) in [6.45, 7) is 0.776. The zero-order chi connectivity index (χ0) is 12.3. The largest absolute Gasteiger partial charge is 0.330 e. The molecule has 0 bridgehead atoms. The number of benzene rings is 1. The van der Waals surface area contributed by atoms with Gasteiger partial charge in [0, 0.05) is 6.54 Å². The molecular formula is C9H12N4O2S2. The van der Waals surface area contributed by atoms with E-state index in [0.29, 0.717) is 30.5 Å². The fourth-order valence-corrected chi connectivity index (χ4v) is 3.22. The van der Waals surface area contributed by atoms with Crippen molar-refractivity contribution >= 4 is 32.8 Å². The van der Waals surface area contributed by atoms with Gasteiger partial charge in [-0.2, -0.15) is 8.75 Å². The SMILES string of the molecule is NCCCNS(=O)(=O)c1cccc2nsnc12. The Morgan fingerprint density at radius 3 is 2.94 bits per heavy atom. The van der Waals surface area contributed by atoms with Gasteiger partial charge in [-0.25, -0.2) is 13.1 Å². The summed E-state index contributed by atoms with van der Waals surface area (Å²) in [6, 6.07) is 4.91. The van der Waals surface area contributed by atoms with Gasteiger partial charge in [0.25, 0.3) is 0 Å². The van der Waals surface area contributed by atoms with Crippen molar-refractivity contribution in [2.75, 3.05) is 13.1 Å². The van der Waals surface area contributed by atoms with Crippen LogP contribution in [0.15, 0.2) is 23.1 Å². The number of hydrogen-bond donors (Lipinski definition) is 2. The van der Waals surface area contributed by atoms with Crippen molar-refractivity contribution in [3.05, 3.63) is 18.2 Å². The zero-order valence-corrected chi connectivity index (χ0v) is 10.6. The van der Waals surface area contributed by atoms with E-state index >= 15 is 0 Å². The number of nitrogens with zero attached hydrogens (tertiary/aromatic N) is 2. The van der Waals surface area contributed by atoms with Crippen LogP contribution in [-0.2, 0) is 10.0 Å². The highest BCUT2D eigenvalue weighted by molar-refractivity contribution is 7.89. The van der Waals surface area contributed by atoms with E-state index in [1.165, 1.54) is 6.07 Å². The standard InChI is InChI=1S/C9H12N4O2S2/c10-5-2-6-11-17(14,15)8-4-1-3-7-9(8)13-16-12-7/h1,3-4,11H,2,5-6,10H2. The normalized spacial score (nSPS) is 12.1. The van der Waals surface area contributed by atoms with E-state index in [9.17, 15) is 8.42 Å². The molecule has 0 radical (unpaired) electrons. The van der Waals surface area contributed by atoms with E-state index in [1.807, 2.05) is 0 Å². The molecule has 1 aromatic carbocycles. The van der Waals surface area contributed by atoms with Crippen molar-refractivity contribution in [1.29, 1.82) is 0 Å². The first-order valence-electron chi connectivity index (χ1n) is 5.06. The summed E-state index contributed by atoms with van der Waals surface area (Å²) in [5.41, 5.74) is 6.32. The minimum Gasteiger partial charge on any atom is -0.330 e. The summed E-state index contributed by atoms with van der Waals surface area (Å²) < 4.78 is 34.5. The molecule has 0 aliphatic rings. The van der Waals surface area contributed by atoms with Gasteiger partial charge in [0.15, 0.2) is 0 Å². The maximum absolute atomic E-state index is 12.0. The Bertz CT molecular complexity index is 608. The lowest BCUT2D eigenvalue weighted by molar-refractivity contribution is 0.580. The predicted octanol–water partition coefficient (Wildman–Crippen LogP) is 0.318. The number of fused-ring (bicyclic) bond motifs is 1. The summed E-state index contributed by atoms with van der Waals surface area (Å²) in [7, 11) is -3.53. The zero-order valence-electron chi connectivity index (χ0n) is 8.96. The van der Waals surface area contributed by atoms with Crippen LogP contribution in [0, 0.1) is 0 Å². The van der Waals surface area contributed by atoms with Gasteiger partial charge >= 0.3 is 0 Å². The van der Waals surface area contributed by atoms with Crippen LogP contribution in [0.3, 0.4) is 0 Å². The molecule has 0 aliphatic carbocycles. The Morgan fingerprint density at radius 1 is 1.35 bits per heavy atom. The maximum atomic E-state index is 12.0. The van der Waals surface area contributed by atoms with Crippen molar-refractivity contribution in [2.45, 2.75) is 11.3 Å². The average Bonchev–Trinajstić information content (AvgIpc) is 2.76. The number of rotatable bonds is 5. The first kappa shape index (κ1) is 12.4. The van der Waals surface area contributed by atoms with E-state index in [1.54, 1.807) is 12.1 Å². The first-order chi connectivity index (χ1) is 8.15. The number of sulfonamides is 1. The van der Waals surface area contributed by atoms with E-state index in [-0.39, 0.29) is 4.90 Å². The average molecular weight is 272 g/mol. The molecule has 0 spiro atoms. The van der Waals surface area contributed by atoms with Crippen LogP contribution in [0.1, 0.15) is 6.42 Å². The predicted molar refractivity (Wildman–Crippen MR) is 66.3 cm³/mol. The van der Waals surface area contributed by atoms with E-state index < -0.39 is 10.0 Å². The number of nitrogens with two attached hydrogens (primary N) is 1. The summed E-state index contributed by atoms with van der Waals surface area (Å²) in [5.74, 6) is 0. The molecule has 8 heteroatoms. The molecule has 2 rings (SSSR count). The van der Waals surface area contributed by atoms with Gasteiger partial charge in [0.1, 0.15) is 15.9 Å². The van der Waals surface area contributed by atoms with E-state index in [0.717, 1.165) is 11.7 Å². The van der Waals surface area contributed by atoms with Gasteiger partial charge in [-0.3, -0.25) is 0 Å². The van der Waals surface area contributed by atoms with Gasteiger partial charge < -0.3 is 5.73 Å². The molecule has 17 heavy (non-hydrogen) atoms. The topological polar surface area (TPSA) is 98.0 Å². The molecule has 92 valence electrons. The smallest absolute Gasteiger partial charge is 0.242 e. The van der Waals surface area contributed by atoms with Crippen LogP contribution < -0.4 is 10.5 Å². The lowest BCUT2D eigenvalue weighted by Crippen LogP contribution is -2.26. The quantitative estimate of drug-likeness (QED) is 0.764. The molecule has 0 aliphatic heterocycles. The van der Waals surface area contributed by atoms with Crippen molar-refractivity contribution in [3.63, 3.8) is 0 Å². The van der Waals surface area contributed by atoms with Gasteiger partial charge in [0.2, 0.25) is 10.0 Å². The molecule has 0 unspecified atom stereocenters. The highest BCUT2D eigenvalue weighted by Gasteiger charge is 2.18. The molecule has 1 heterocycles. The van der Waals surface area contributed by atoms with Crippen LogP contribution in [-0.4, -0.2) is 30.3 Å². The number of nitrogens with one attached hydrogen (secondary N) is 1. The van der Waals surface area contributed by atoms with Crippen molar-refractivity contribution in [3.8, 4) is 0 Å². The van der Waals surface area contributed by atoms with Gasteiger partial charge in [-0.15, -0.1) is 0 Å². The van der Waals surface area contributed by atoms with Gasteiger partial charge in [-0.05, 0) is 25.1 Å². The molecule has 6 nitrogen and oxygen atoms in total. The fraction of sp³-hybridized carbons (Fsp3) is 0.333. The molecule has 0 amide bonds. The lowest BCUT2D eigenvalue weighted by atomic mass is 10.3. The third-order valence-corrected chi connectivity index (χ3v) is 4.25. The highest BCUT2D eigenvalue weighted by atomic mass is 32.2.